The van der Waals surface area contributed by atoms with E-state index in [4.69, 9.17) is 22.1 Å². The van der Waals surface area contributed by atoms with Crippen molar-refractivity contribution in [3.05, 3.63) is 98.0 Å². The largest absolute Gasteiger partial charge is 0.462 e. The van der Waals surface area contributed by atoms with E-state index in [1.165, 1.54) is 4.90 Å². The van der Waals surface area contributed by atoms with Crippen molar-refractivity contribution in [2.75, 3.05) is 20.2 Å². The molecular weight excluding hydrogens is 458 g/mol. The van der Waals surface area contributed by atoms with Crippen molar-refractivity contribution in [3.8, 4) is 0 Å². The van der Waals surface area contributed by atoms with Crippen molar-refractivity contribution in [2.45, 2.75) is 32.7 Å². The highest BCUT2D eigenvalue weighted by Crippen LogP contribution is 2.42. The number of nitro groups is 1. The van der Waals surface area contributed by atoms with Gasteiger partial charge in [0.1, 0.15) is 16.9 Å². The molecule has 3 rings (SSSR count). The lowest BCUT2D eigenvalue weighted by Crippen LogP contribution is -2.43. The molecule has 9 nitrogen and oxygen atoms in total. The number of benzene rings is 1. The van der Waals surface area contributed by atoms with Crippen LogP contribution in [-0.2, 0) is 16.1 Å². The highest BCUT2D eigenvalue weighted by molar-refractivity contribution is 6.29. The topological polar surface area (TPSA) is 115 Å². The summed E-state index contributed by atoms with van der Waals surface area (Å²) in [5, 5.41) is 12.9. The van der Waals surface area contributed by atoms with E-state index >= 15 is 0 Å². The maximum Gasteiger partial charge on any atom is 0.338 e. The molecule has 1 aromatic heterocycles. The molecule has 0 bridgehead atoms. The Hall–Kier alpha value is -3.59. The molecule has 0 aliphatic carbocycles. The van der Waals surface area contributed by atoms with Crippen LogP contribution in [0.25, 0.3) is 0 Å². The molecule has 0 spiro atoms. The highest BCUT2D eigenvalue weighted by Gasteiger charge is 2.46. The van der Waals surface area contributed by atoms with E-state index in [0.29, 0.717) is 36.0 Å². The van der Waals surface area contributed by atoms with E-state index < -0.39 is 16.8 Å². The number of aromatic nitrogens is 1. The minimum Gasteiger partial charge on any atom is -0.462 e. The first-order chi connectivity index (χ1) is 16.3. The summed E-state index contributed by atoms with van der Waals surface area (Å²) in [6.45, 7) is 4.74. The van der Waals surface area contributed by atoms with E-state index in [1.54, 1.807) is 43.6 Å². The van der Waals surface area contributed by atoms with Gasteiger partial charge < -0.3 is 20.3 Å². The van der Waals surface area contributed by atoms with Crippen LogP contribution in [0.2, 0.25) is 5.15 Å². The van der Waals surface area contributed by atoms with Crippen molar-refractivity contribution in [1.29, 1.82) is 0 Å². The number of pyridine rings is 1. The molecule has 1 aliphatic rings. The Kier molecular flexibility index (Phi) is 8.12. The molecule has 180 valence electrons. The summed E-state index contributed by atoms with van der Waals surface area (Å²) in [6.07, 6.45) is 2.24. The SMILES string of the molecule is CCCOC(=O)C1=C(N)N(C)C(N(CC)Cc2ccc(Cl)nc2)=C([N+](=O)[O-])C1c1ccccc1. The van der Waals surface area contributed by atoms with Crippen LogP contribution in [0, 0.1) is 10.1 Å². The summed E-state index contributed by atoms with van der Waals surface area (Å²) >= 11 is 5.91. The van der Waals surface area contributed by atoms with Crippen molar-refractivity contribution in [1.82, 2.24) is 14.8 Å². The minimum absolute atomic E-state index is 0.0572. The fraction of sp³-hybridized carbons (Fsp3) is 0.333. The van der Waals surface area contributed by atoms with E-state index in [9.17, 15) is 14.9 Å². The van der Waals surface area contributed by atoms with Gasteiger partial charge in [-0.25, -0.2) is 9.78 Å². The Balaban J connectivity index is 2.19. The van der Waals surface area contributed by atoms with Crippen molar-refractivity contribution >= 4 is 17.6 Å². The summed E-state index contributed by atoms with van der Waals surface area (Å²) in [5.74, 6) is -1.24. The summed E-state index contributed by atoms with van der Waals surface area (Å²) in [6, 6.07) is 12.3. The van der Waals surface area contributed by atoms with Gasteiger partial charge in [-0.15, -0.1) is 0 Å². The van der Waals surface area contributed by atoms with Crippen LogP contribution in [0.4, 0.5) is 0 Å². The fourth-order valence-electron chi connectivity index (χ4n) is 3.96. The second-order valence-corrected chi connectivity index (χ2v) is 8.19. The number of carbonyl (C=O) groups excluding carboxylic acids is 1. The summed E-state index contributed by atoms with van der Waals surface area (Å²) in [7, 11) is 1.62. The number of nitrogens with two attached hydrogens (primary N) is 1. The molecule has 0 fully saturated rings. The molecule has 1 aliphatic heterocycles. The van der Waals surface area contributed by atoms with E-state index in [0.717, 1.165) is 5.56 Å². The molecule has 2 N–H and O–H groups in total. The standard InChI is InChI=1S/C24H28ClN5O4/c1-4-13-34-24(31)20-19(17-9-7-6-8-10-17)21(30(32)33)23(28(3)22(20)26)29(5-2)15-16-11-12-18(25)27-14-16/h6-12,14,19H,4-5,13,15,26H2,1-3H3. The Morgan fingerprint density at radius 3 is 2.53 bits per heavy atom. The van der Waals surface area contributed by atoms with Gasteiger partial charge in [-0.2, -0.15) is 0 Å². The molecule has 1 aromatic carbocycles. The number of rotatable bonds is 9. The van der Waals surface area contributed by atoms with Crippen molar-refractivity contribution < 1.29 is 14.5 Å². The van der Waals surface area contributed by atoms with Gasteiger partial charge in [0.05, 0.1) is 17.1 Å². The van der Waals surface area contributed by atoms with Gasteiger partial charge in [0, 0.05) is 26.3 Å². The van der Waals surface area contributed by atoms with Gasteiger partial charge in [-0.1, -0.05) is 54.9 Å². The van der Waals surface area contributed by atoms with Crippen LogP contribution in [-0.4, -0.2) is 45.9 Å². The molecule has 2 heterocycles. The van der Waals surface area contributed by atoms with Crippen molar-refractivity contribution in [2.24, 2.45) is 5.73 Å². The van der Waals surface area contributed by atoms with Gasteiger partial charge in [0.2, 0.25) is 0 Å². The summed E-state index contributed by atoms with van der Waals surface area (Å²) in [4.78, 5) is 32.6. The fourth-order valence-corrected chi connectivity index (χ4v) is 4.08. The summed E-state index contributed by atoms with van der Waals surface area (Å²) in [5.41, 5.74) is 7.79. The zero-order chi connectivity index (χ0) is 24.8. The molecule has 0 amide bonds. The number of hydrogen-bond donors (Lipinski definition) is 1. The molecule has 0 saturated carbocycles. The van der Waals surface area contributed by atoms with Crippen LogP contribution in [0.1, 0.15) is 37.3 Å². The van der Waals surface area contributed by atoms with Crippen LogP contribution < -0.4 is 5.73 Å². The lowest BCUT2D eigenvalue weighted by atomic mass is 9.85. The normalized spacial score (nSPS) is 16.0. The molecule has 2 aromatic rings. The molecule has 0 saturated heterocycles. The van der Waals surface area contributed by atoms with Crippen molar-refractivity contribution in [3.63, 3.8) is 0 Å². The Labute approximate surface area is 203 Å². The predicted molar refractivity (Wildman–Crippen MR) is 129 cm³/mol. The first kappa shape index (κ1) is 25.0. The van der Waals surface area contributed by atoms with Crippen LogP contribution in [0.3, 0.4) is 0 Å². The number of hydrogen-bond acceptors (Lipinski definition) is 8. The number of nitrogens with zero attached hydrogens (tertiary/aromatic N) is 4. The zero-order valence-electron chi connectivity index (χ0n) is 19.4. The zero-order valence-corrected chi connectivity index (χ0v) is 20.2. The Morgan fingerprint density at radius 2 is 1.97 bits per heavy atom. The average Bonchev–Trinajstić information content (AvgIpc) is 2.84. The highest BCUT2D eigenvalue weighted by atomic mass is 35.5. The molecule has 1 unspecified atom stereocenters. The molecule has 1 atom stereocenters. The third-order valence-electron chi connectivity index (χ3n) is 5.58. The molecule has 34 heavy (non-hydrogen) atoms. The van der Waals surface area contributed by atoms with Gasteiger partial charge in [-0.05, 0) is 30.5 Å². The Bertz CT molecular complexity index is 1100. The monoisotopic (exact) mass is 485 g/mol. The van der Waals surface area contributed by atoms with Gasteiger partial charge >= 0.3 is 5.97 Å². The third kappa shape index (κ3) is 5.14. The number of esters is 1. The van der Waals surface area contributed by atoms with E-state index in [1.807, 2.05) is 30.9 Å². The average molecular weight is 486 g/mol. The van der Waals surface area contributed by atoms with Crippen LogP contribution >= 0.6 is 11.6 Å². The first-order valence-electron chi connectivity index (χ1n) is 11.0. The molecular formula is C24H28ClN5O4. The first-order valence-corrected chi connectivity index (χ1v) is 11.4. The van der Waals surface area contributed by atoms with Gasteiger partial charge in [-0.3, -0.25) is 10.1 Å². The number of ether oxygens (including phenoxy) is 1. The minimum atomic E-state index is -0.996. The maximum absolute atomic E-state index is 13.1. The lowest BCUT2D eigenvalue weighted by Gasteiger charge is -2.38. The summed E-state index contributed by atoms with van der Waals surface area (Å²) < 4.78 is 5.38. The molecule has 0 radical (unpaired) electrons. The van der Waals surface area contributed by atoms with Crippen LogP contribution in [0.5, 0.6) is 0 Å². The maximum atomic E-state index is 13.1. The van der Waals surface area contributed by atoms with Gasteiger partial charge in [0.15, 0.2) is 5.82 Å². The second kappa shape index (κ2) is 11.0. The number of carbonyl (C=O) groups is 1. The second-order valence-electron chi connectivity index (χ2n) is 7.81. The predicted octanol–water partition coefficient (Wildman–Crippen LogP) is 3.86. The smallest absolute Gasteiger partial charge is 0.338 e. The van der Waals surface area contributed by atoms with E-state index in [-0.39, 0.29) is 23.7 Å². The third-order valence-corrected chi connectivity index (χ3v) is 5.80. The van der Waals surface area contributed by atoms with E-state index in [2.05, 4.69) is 4.98 Å². The van der Waals surface area contributed by atoms with Crippen LogP contribution in [0.15, 0.2) is 71.6 Å². The Morgan fingerprint density at radius 1 is 1.26 bits per heavy atom. The number of allylic oxidation sites excluding steroid dienone is 1. The lowest BCUT2D eigenvalue weighted by molar-refractivity contribution is -0.433. The molecule has 10 heteroatoms. The van der Waals surface area contributed by atoms with Gasteiger partial charge in [0.25, 0.3) is 5.70 Å². The number of halogens is 1. The quantitative estimate of drug-likeness (QED) is 0.246.